The van der Waals surface area contributed by atoms with Crippen molar-refractivity contribution in [1.29, 1.82) is 0 Å². The third kappa shape index (κ3) is 11.4. The summed E-state index contributed by atoms with van der Waals surface area (Å²) in [5.74, 6) is -1.21. The van der Waals surface area contributed by atoms with Crippen molar-refractivity contribution in [2.75, 3.05) is 52.4 Å². The van der Waals surface area contributed by atoms with Gasteiger partial charge in [0.25, 0.3) is 23.2 Å². The van der Waals surface area contributed by atoms with Gasteiger partial charge < -0.3 is 19.6 Å². The van der Waals surface area contributed by atoms with Crippen molar-refractivity contribution in [2.45, 2.75) is 49.3 Å². The number of carbonyl (C=O) groups is 4. The molecule has 8 rings (SSSR count). The van der Waals surface area contributed by atoms with Crippen LogP contribution in [-0.4, -0.2) is 115 Å². The monoisotopic (exact) mass is 998 g/mol. The molecule has 2 aromatic heterocycles. The van der Waals surface area contributed by atoms with Gasteiger partial charge in [0, 0.05) is 76.9 Å². The number of hydrogen-bond donors (Lipinski definition) is 0. The van der Waals surface area contributed by atoms with E-state index in [-0.39, 0.29) is 93.9 Å². The Morgan fingerprint density at radius 3 is 1.21 bits per heavy atom. The first-order valence-electron chi connectivity index (χ1n) is 24.1. The molecule has 2 fully saturated rings. The second-order valence-electron chi connectivity index (χ2n) is 18.2. The van der Waals surface area contributed by atoms with Crippen LogP contribution in [0.2, 0.25) is 0 Å². The Morgan fingerprint density at radius 2 is 0.863 bits per heavy atom. The fourth-order valence-corrected chi connectivity index (χ4v) is 10.3. The van der Waals surface area contributed by atoms with Gasteiger partial charge in [-0.2, -0.15) is 0 Å². The molecular weight excluding hydrogens is 945 g/mol. The van der Waals surface area contributed by atoms with Crippen molar-refractivity contribution in [3.63, 3.8) is 0 Å². The van der Waals surface area contributed by atoms with Crippen LogP contribution in [0.3, 0.4) is 0 Å². The van der Waals surface area contributed by atoms with E-state index in [9.17, 15) is 39.4 Å². The third-order valence-corrected chi connectivity index (χ3v) is 14.1. The van der Waals surface area contributed by atoms with E-state index in [2.05, 4.69) is 9.97 Å². The van der Waals surface area contributed by atoms with Gasteiger partial charge in [-0.15, -0.1) is 0 Å². The van der Waals surface area contributed by atoms with Gasteiger partial charge in [-0.05, 0) is 93.8 Å². The van der Waals surface area contributed by atoms with E-state index in [1.807, 2.05) is 52.0 Å². The molecule has 4 heterocycles. The molecule has 0 N–H and O–H groups in total. The molecule has 2 aliphatic heterocycles. The molecule has 4 aromatic carbocycles. The SMILES string of the molecule is CC(C)c1ccccc1-c1c(/C=C/C(=O)N2CCN(C(=O)c3ccccn3)CC2)ccc(Sc2ccc(/C=C/C(=O)N3CCN(C(=O)c4ccccn4)CC3)c(-c3ccccc3C(C)C)c2[N+](=O)[O-])c1[N+](=O)[O-]. The van der Waals surface area contributed by atoms with Gasteiger partial charge in [0.15, 0.2) is 0 Å². The van der Waals surface area contributed by atoms with E-state index < -0.39 is 9.85 Å². The lowest BCUT2D eigenvalue weighted by Gasteiger charge is -2.34. The van der Waals surface area contributed by atoms with Gasteiger partial charge in [-0.25, -0.2) is 0 Å². The van der Waals surface area contributed by atoms with E-state index in [1.54, 1.807) is 129 Å². The molecule has 16 nitrogen and oxygen atoms in total. The molecule has 372 valence electrons. The van der Waals surface area contributed by atoms with Gasteiger partial charge in [0.1, 0.15) is 11.4 Å². The number of hydrogen-bond acceptors (Lipinski definition) is 11. The quantitative estimate of drug-likeness (QED) is 0.0573. The number of aromatic nitrogens is 2. The summed E-state index contributed by atoms with van der Waals surface area (Å²) in [4.78, 5) is 94.8. The molecule has 6 aromatic rings. The molecule has 4 amide bonds. The number of benzene rings is 4. The van der Waals surface area contributed by atoms with E-state index in [0.717, 1.165) is 22.9 Å². The molecule has 17 heteroatoms. The number of rotatable bonds is 14. The minimum absolute atomic E-state index is 0.0567. The van der Waals surface area contributed by atoms with Crippen molar-refractivity contribution in [2.24, 2.45) is 0 Å². The van der Waals surface area contributed by atoms with Crippen LogP contribution in [0, 0.1) is 20.2 Å². The van der Waals surface area contributed by atoms with Crippen LogP contribution in [0.25, 0.3) is 34.4 Å². The van der Waals surface area contributed by atoms with Crippen molar-refractivity contribution in [1.82, 2.24) is 29.6 Å². The molecule has 0 aliphatic carbocycles. The van der Waals surface area contributed by atoms with Crippen molar-refractivity contribution < 1.29 is 29.0 Å². The Morgan fingerprint density at radius 1 is 0.507 bits per heavy atom. The number of amides is 4. The number of nitro groups is 2. The van der Waals surface area contributed by atoms with Gasteiger partial charge in [0.05, 0.1) is 30.8 Å². The second kappa shape index (κ2) is 22.8. The first-order valence-corrected chi connectivity index (χ1v) is 24.9. The largest absolute Gasteiger partial charge is 0.336 e. The average Bonchev–Trinajstić information content (AvgIpc) is 3.41. The lowest BCUT2D eigenvalue weighted by Crippen LogP contribution is -2.50. The van der Waals surface area contributed by atoms with E-state index in [4.69, 9.17) is 0 Å². The van der Waals surface area contributed by atoms with Gasteiger partial charge >= 0.3 is 0 Å². The first-order chi connectivity index (χ1) is 35.2. The van der Waals surface area contributed by atoms with Crippen LogP contribution in [0.1, 0.15) is 82.8 Å². The van der Waals surface area contributed by atoms with Crippen LogP contribution < -0.4 is 0 Å². The highest BCUT2D eigenvalue weighted by Crippen LogP contribution is 2.50. The highest BCUT2D eigenvalue weighted by atomic mass is 32.2. The lowest BCUT2D eigenvalue weighted by atomic mass is 9.89. The summed E-state index contributed by atoms with van der Waals surface area (Å²) in [6.07, 6.45) is 9.01. The van der Waals surface area contributed by atoms with Gasteiger partial charge in [-0.3, -0.25) is 49.4 Å². The molecule has 0 bridgehead atoms. The number of nitro benzene ring substituents is 2. The van der Waals surface area contributed by atoms with Crippen molar-refractivity contribution in [3.8, 4) is 22.3 Å². The predicted octanol–water partition coefficient (Wildman–Crippen LogP) is 10.0. The molecule has 0 unspecified atom stereocenters. The van der Waals surface area contributed by atoms with Gasteiger partial charge in [-0.1, -0.05) is 112 Å². The van der Waals surface area contributed by atoms with Gasteiger partial charge in [0.2, 0.25) is 11.8 Å². The molecule has 0 atom stereocenters. The Hall–Kier alpha value is -8.31. The summed E-state index contributed by atoms with van der Waals surface area (Å²) in [5.41, 5.74) is 4.17. The summed E-state index contributed by atoms with van der Waals surface area (Å²) >= 11 is 0.902. The number of carbonyl (C=O) groups excluding carboxylic acids is 4. The fraction of sp³-hybridized carbons (Fsp3) is 0.250. The summed E-state index contributed by atoms with van der Waals surface area (Å²) < 4.78 is 0. The maximum atomic E-state index is 13.7. The summed E-state index contributed by atoms with van der Waals surface area (Å²) in [6, 6.07) is 31.4. The van der Waals surface area contributed by atoms with Crippen LogP contribution in [0.15, 0.2) is 144 Å². The minimum Gasteiger partial charge on any atom is -0.336 e. The van der Waals surface area contributed by atoms with Crippen LogP contribution >= 0.6 is 11.8 Å². The fourth-order valence-electron chi connectivity index (χ4n) is 9.22. The molecule has 2 saturated heterocycles. The van der Waals surface area contributed by atoms with Crippen LogP contribution in [0.4, 0.5) is 11.4 Å². The zero-order valence-electron chi connectivity index (χ0n) is 40.9. The molecule has 0 radical (unpaired) electrons. The van der Waals surface area contributed by atoms with E-state index in [1.165, 1.54) is 12.2 Å². The Kier molecular flexibility index (Phi) is 16.0. The average molecular weight is 999 g/mol. The summed E-state index contributed by atoms with van der Waals surface area (Å²) in [6.45, 7) is 10.3. The van der Waals surface area contributed by atoms with E-state index >= 15 is 0 Å². The maximum absolute atomic E-state index is 13.7. The van der Waals surface area contributed by atoms with Crippen molar-refractivity contribution >= 4 is 58.9 Å². The third-order valence-electron chi connectivity index (χ3n) is 13.0. The van der Waals surface area contributed by atoms with Crippen molar-refractivity contribution in [3.05, 3.63) is 188 Å². The predicted molar refractivity (Wildman–Crippen MR) is 281 cm³/mol. The molecule has 0 spiro atoms. The normalized spacial score (nSPS) is 14.1. The van der Waals surface area contributed by atoms with Crippen LogP contribution in [0.5, 0.6) is 0 Å². The molecule has 2 aliphatic rings. The molecular formula is C56H54N8O8S. The zero-order valence-corrected chi connectivity index (χ0v) is 41.7. The second-order valence-corrected chi connectivity index (χ2v) is 19.3. The lowest BCUT2D eigenvalue weighted by molar-refractivity contribution is -0.387. The van der Waals surface area contributed by atoms with Crippen LogP contribution in [-0.2, 0) is 9.59 Å². The maximum Gasteiger partial charge on any atom is 0.291 e. The number of piperazine rings is 2. The zero-order chi connectivity index (χ0) is 51.8. The first kappa shape index (κ1) is 51.1. The Bertz CT molecular complexity index is 2920. The smallest absolute Gasteiger partial charge is 0.291 e. The number of nitrogens with zero attached hydrogens (tertiary/aromatic N) is 8. The Balaban J connectivity index is 1.14. The standard InChI is InChI=1S/C56H54N8O8S/c1-37(2)41-13-5-7-15-43(41)51-39(21-25-49(65)59-29-33-61(34-30-59)55(67)45-17-9-11-27-57-45)19-23-47(53(51)63(69)70)73-48-24-20-40(52(54(48)64(71)72)44-16-8-6-14-42(44)38(3)4)22-26-50(66)60-31-35-62(36-32-60)56(68)46-18-10-12-28-58-46/h5-28,37-38H,29-36H2,1-4H3/b25-21+,26-22+. The summed E-state index contributed by atoms with van der Waals surface area (Å²) in [5, 5.41) is 27.1. The highest BCUT2D eigenvalue weighted by molar-refractivity contribution is 7.99. The highest BCUT2D eigenvalue weighted by Gasteiger charge is 2.32. The Labute approximate surface area is 427 Å². The number of pyridine rings is 2. The molecule has 73 heavy (non-hydrogen) atoms. The topological polar surface area (TPSA) is 193 Å². The summed E-state index contributed by atoms with van der Waals surface area (Å²) in [7, 11) is 0. The van der Waals surface area contributed by atoms with E-state index in [0.29, 0.717) is 59.8 Å². The minimum atomic E-state index is -0.483. The molecule has 0 saturated carbocycles.